The molecule has 58 valence electrons. The van der Waals surface area contributed by atoms with E-state index in [1.165, 1.54) is 6.42 Å². The zero-order valence-electron chi connectivity index (χ0n) is 6.55. The molecule has 2 aliphatic rings. The van der Waals surface area contributed by atoms with Crippen LogP contribution in [0.4, 0.5) is 0 Å². The van der Waals surface area contributed by atoms with Crippen LogP contribution in [0.15, 0.2) is 0 Å². The Labute approximate surface area is 62.3 Å². The van der Waals surface area contributed by atoms with Crippen LogP contribution in [0, 0.1) is 5.92 Å². The molecule has 2 rings (SSSR count). The van der Waals surface area contributed by atoms with Gasteiger partial charge in [0.1, 0.15) is 0 Å². The van der Waals surface area contributed by atoms with E-state index < -0.39 is 8.32 Å². The van der Waals surface area contributed by atoms with Gasteiger partial charge in [-0.3, -0.25) is 0 Å². The first kappa shape index (κ1) is 6.82. The summed E-state index contributed by atoms with van der Waals surface area (Å²) in [6, 6.07) is 0. The predicted octanol–water partition coefficient (Wildman–Crippen LogP) is 0.902. The quantitative estimate of drug-likeness (QED) is 0.575. The lowest BCUT2D eigenvalue weighted by atomic mass is 10.3. The Morgan fingerprint density at radius 2 is 2.30 bits per heavy atom. The summed E-state index contributed by atoms with van der Waals surface area (Å²) >= 11 is 0. The summed E-state index contributed by atoms with van der Waals surface area (Å²) in [6.07, 6.45) is 2.31. The van der Waals surface area contributed by atoms with Gasteiger partial charge >= 0.3 is 0 Å². The molecular formula is C7H14O2Si. The van der Waals surface area contributed by atoms with Gasteiger partial charge in [-0.1, -0.05) is 0 Å². The molecule has 10 heavy (non-hydrogen) atoms. The van der Waals surface area contributed by atoms with Crippen LogP contribution in [0.25, 0.3) is 0 Å². The highest BCUT2D eigenvalue weighted by molar-refractivity contribution is 6.73. The van der Waals surface area contributed by atoms with Crippen LogP contribution >= 0.6 is 0 Å². The predicted molar refractivity (Wildman–Crippen MR) is 41.1 cm³/mol. The average molecular weight is 158 g/mol. The summed E-state index contributed by atoms with van der Waals surface area (Å²) < 4.78 is 5.59. The van der Waals surface area contributed by atoms with Crippen molar-refractivity contribution < 1.29 is 9.53 Å². The van der Waals surface area contributed by atoms with Crippen molar-refractivity contribution in [2.45, 2.75) is 31.2 Å². The van der Waals surface area contributed by atoms with Gasteiger partial charge < -0.3 is 9.53 Å². The van der Waals surface area contributed by atoms with Crippen molar-refractivity contribution in [2.24, 2.45) is 5.92 Å². The van der Waals surface area contributed by atoms with E-state index in [2.05, 4.69) is 0 Å². The summed E-state index contributed by atoms with van der Waals surface area (Å²) in [4.78, 5) is 9.83. The molecule has 2 unspecified atom stereocenters. The second kappa shape index (κ2) is 1.65. The fraction of sp³-hybridized carbons (Fsp3) is 1.00. The first-order valence-corrected chi connectivity index (χ1v) is 6.87. The van der Waals surface area contributed by atoms with Gasteiger partial charge in [0.15, 0.2) is 0 Å². The molecule has 1 N–H and O–H groups in total. The van der Waals surface area contributed by atoms with Gasteiger partial charge in [0.05, 0.1) is 5.22 Å². The molecule has 2 fully saturated rings. The van der Waals surface area contributed by atoms with Gasteiger partial charge in [-0.25, -0.2) is 0 Å². The Hall–Kier alpha value is 0.137. The van der Waals surface area contributed by atoms with Crippen LogP contribution in [0.1, 0.15) is 12.8 Å². The number of rotatable bonds is 1. The maximum Gasteiger partial charge on any atom is 0.214 e. The summed E-state index contributed by atoms with van der Waals surface area (Å²) in [5, 5.41) is -0.00694. The molecule has 0 aromatic rings. The fourth-order valence-corrected chi connectivity index (χ4v) is 4.47. The summed E-state index contributed by atoms with van der Waals surface area (Å²) in [5.74, 6) is 0.708. The van der Waals surface area contributed by atoms with Crippen LogP contribution in [0.2, 0.25) is 13.1 Å². The van der Waals surface area contributed by atoms with Crippen LogP contribution in [-0.2, 0) is 4.74 Å². The van der Waals surface area contributed by atoms with Crippen molar-refractivity contribution in [1.82, 2.24) is 0 Å². The molecular weight excluding hydrogens is 144 g/mol. The molecule has 0 radical (unpaired) electrons. The first-order valence-electron chi connectivity index (χ1n) is 3.93. The Kier molecular flexibility index (Phi) is 1.13. The van der Waals surface area contributed by atoms with E-state index in [0.717, 1.165) is 13.0 Å². The summed E-state index contributed by atoms with van der Waals surface area (Å²) in [5.41, 5.74) is 0. The monoisotopic (exact) mass is 158 g/mol. The third kappa shape index (κ3) is 0.656. The molecule has 1 aliphatic heterocycles. The van der Waals surface area contributed by atoms with E-state index in [1.807, 2.05) is 13.1 Å². The van der Waals surface area contributed by atoms with Gasteiger partial charge in [0.25, 0.3) is 0 Å². The Bertz CT molecular complexity index is 163. The van der Waals surface area contributed by atoms with E-state index in [-0.39, 0.29) is 5.22 Å². The lowest BCUT2D eigenvalue weighted by Gasteiger charge is -2.24. The fourth-order valence-electron chi connectivity index (χ4n) is 2.13. The smallest absolute Gasteiger partial charge is 0.214 e. The standard InChI is InChI=1S/C7H14O2Si/c1-10(2,8)7-5-6(7)3-4-9-7/h6,8H,3-5H2,1-2H3. The highest BCUT2D eigenvalue weighted by atomic mass is 28.4. The van der Waals surface area contributed by atoms with Crippen molar-refractivity contribution in [3.05, 3.63) is 0 Å². The molecule has 1 saturated heterocycles. The molecule has 0 aromatic carbocycles. The molecule has 0 amide bonds. The van der Waals surface area contributed by atoms with E-state index in [4.69, 9.17) is 4.74 Å². The van der Waals surface area contributed by atoms with Crippen LogP contribution in [-0.4, -0.2) is 24.9 Å². The lowest BCUT2D eigenvalue weighted by molar-refractivity contribution is 0.106. The van der Waals surface area contributed by atoms with Gasteiger partial charge in [0.2, 0.25) is 8.32 Å². The van der Waals surface area contributed by atoms with Gasteiger partial charge in [-0.15, -0.1) is 0 Å². The highest BCUT2D eigenvalue weighted by Gasteiger charge is 2.67. The second-order valence-corrected chi connectivity index (χ2v) is 7.95. The topological polar surface area (TPSA) is 29.5 Å². The highest BCUT2D eigenvalue weighted by Crippen LogP contribution is 2.57. The molecule has 2 atom stereocenters. The molecule has 1 aliphatic carbocycles. The maximum absolute atomic E-state index is 9.83. The third-order valence-corrected chi connectivity index (χ3v) is 5.74. The van der Waals surface area contributed by atoms with Crippen molar-refractivity contribution in [1.29, 1.82) is 0 Å². The maximum atomic E-state index is 9.83. The van der Waals surface area contributed by atoms with Gasteiger partial charge in [-0.2, -0.15) is 0 Å². The van der Waals surface area contributed by atoms with E-state index in [0.29, 0.717) is 5.92 Å². The van der Waals surface area contributed by atoms with E-state index >= 15 is 0 Å². The zero-order chi connectivity index (χ0) is 7.41. The molecule has 0 spiro atoms. The van der Waals surface area contributed by atoms with Gasteiger partial charge in [-0.05, 0) is 31.9 Å². The SMILES string of the molecule is C[Si](C)(O)C12CC1CCO2. The van der Waals surface area contributed by atoms with Crippen molar-refractivity contribution >= 4 is 8.32 Å². The van der Waals surface area contributed by atoms with Crippen molar-refractivity contribution in [3.63, 3.8) is 0 Å². The number of fused-ring (bicyclic) bond motifs is 1. The minimum Gasteiger partial charge on any atom is -0.429 e. The minimum absolute atomic E-state index is 0.00694. The summed E-state index contributed by atoms with van der Waals surface area (Å²) in [7, 11) is -2.00. The average Bonchev–Trinajstić information content (AvgIpc) is 2.36. The number of hydrogen-bond acceptors (Lipinski definition) is 2. The number of hydrogen-bond donors (Lipinski definition) is 1. The normalized spacial score (nSPS) is 45.3. The Morgan fingerprint density at radius 3 is 2.50 bits per heavy atom. The Balaban J connectivity index is 2.18. The van der Waals surface area contributed by atoms with E-state index in [1.54, 1.807) is 0 Å². The van der Waals surface area contributed by atoms with Gasteiger partial charge in [0, 0.05) is 6.61 Å². The Morgan fingerprint density at radius 1 is 1.60 bits per heavy atom. The van der Waals surface area contributed by atoms with Crippen LogP contribution < -0.4 is 0 Å². The minimum atomic E-state index is -2.00. The van der Waals surface area contributed by atoms with Crippen molar-refractivity contribution in [3.8, 4) is 0 Å². The van der Waals surface area contributed by atoms with Crippen LogP contribution in [0.3, 0.4) is 0 Å². The molecule has 0 bridgehead atoms. The summed E-state index contributed by atoms with van der Waals surface area (Å²) in [6.45, 7) is 4.85. The molecule has 0 aromatic heterocycles. The molecule has 1 heterocycles. The third-order valence-electron chi connectivity index (χ3n) is 2.91. The molecule has 2 nitrogen and oxygen atoms in total. The second-order valence-electron chi connectivity index (χ2n) is 3.99. The van der Waals surface area contributed by atoms with Crippen LogP contribution in [0.5, 0.6) is 0 Å². The molecule has 3 heteroatoms. The van der Waals surface area contributed by atoms with E-state index in [9.17, 15) is 4.80 Å². The molecule has 1 saturated carbocycles. The first-order chi connectivity index (χ1) is 4.56. The lowest BCUT2D eigenvalue weighted by Crippen LogP contribution is -2.45. The zero-order valence-corrected chi connectivity index (χ0v) is 7.55. The number of ether oxygens (including phenoxy) is 1. The largest absolute Gasteiger partial charge is 0.429 e. The van der Waals surface area contributed by atoms with Crippen molar-refractivity contribution in [2.75, 3.05) is 6.61 Å².